The van der Waals surface area contributed by atoms with E-state index in [1.165, 1.54) is 41.6 Å². The van der Waals surface area contributed by atoms with Crippen LogP contribution >= 0.6 is 0 Å². The van der Waals surface area contributed by atoms with Gasteiger partial charge in [-0.15, -0.1) is 0 Å². The summed E-state index contributed by atoms with van der Waals surface area (Å²) in [6, 6.07) is 13.9. The second-order valence-corrected chi connectivity index (χ2v) is 22.0. The largest absolute Gasteiger partial charge is 0.438 e. The molecule has 0 spiro atoms. The molecule has 68 heavy (non-hydrogen) atoms. The zero-order valence-electron chi connectivity index (χ0n) is 39.6. The lowest BCUT2D eigenvalue weighted by Gasteiger charge is -2.35. The average molecular weight is 948 g/mol. The molecule has 0 radical (unpaired) electrons. The summed E-state index contributed by atoms with van der Waals surface area (Å²) in [6.07, 6.45) is 5.61. The van der Waals surface area contributed by atoms with Crippen LogP contribution in [0.25, 0.3) is 28.1 Å². The molecule has 1 N–H and O–H groups in total. The fourth-order valence-electron chi connectivity index (χ4n) is 11.0. The quantitative estimate of drug-likeness (QED) is 0.151. The maximum atomic E-state index is 16.4. The van der Waals surface area contributed by atoms with Crippen molar-refractivity contribution in [3.63, 3.8) is 0 Å². The lowest BCUT2D eigenvalue weighted by molar-refractivity contribution is -0.0592. The van der Waals surface area contributed by atoms with Crippen molar-refractivity contribution >= 4 is 26.5 Å². The molecule has 1 saturated carbocycles. The number of carbonyl (C=O) groups excluding carboxylic acids is 1. The van der Waals surface area contributed by atoms with Crippen LogP contribution in [0, 0.1) is 38.3 Å². The topological polar surface area (TPSA) is 168 Å². The minimum atomic E-state index is -2.88. The predicted octanol–water partition coefficient (Wildman–Crippen LogP) is 8.34. The highest BCUT2D eigenvalue weighted by Gasteiger charge is 2.59. The van der Waals surface area contributed by atoms with Crippen molar-refractivity contribution in [3.05, 3.63) is 139 Å². The van der Waals surface area contributed by atoms with E-state index >= 15 is 13.6 Å². The molecule has 2 aliphatic heterocycles. The Morgan fingerprint density at radius 2 is 1.71 bits per heavy atom. The van der Waals surface area contributed by atoms with Gasteiger partial charge in [0.2, 0.25) is 0 Å². The van der Waals surface area contributed by atoms with Crippen molar-refractivity contribution in [2.45, 2.75) is 109 Å². The number of aryl methyl sites for hydroxylation is 2. The molecule has 3 aromatic carbocycles. The minimum Gasteiger partial charge on any atom is -0.376 e. The van der Waals surface area contributed by atoms with E-state index in [0.717, 1.165) is 29.3 Å². The Morgan fingerprint density at radius 1 is 0.985 bits per heavy atom. The molecule has 2 fully saturated rings. The van der Waals surface area contributed by atoms with E-state index in [2.05, 4.69) is 53.5 Å². The number of aromatic nitrogens is 7. The monoisotopic (exact) mass is 947 g/mol. The van der Waals surface area contributed by atoms with Gasteiger partial charge in [0.25, 0.3) is 5.91 Å². The second-order valence-electron chi connectivity index (χ2n) is 19.3. The highest BCUT2D eigenvalue weighted by molar-refractivity contribution is 7.93. The molecule has 7 aromatic rings. The standard InChI is InChI=1S/C50H55F2N9O6S/c1-10-68(65,53-9)40-14-13-38(43(52)30(40)5)58-18-19-59(48(58)64)44-41-31(6)57(17-15-36(41)55-61(44)35-21-27(2)42(51)28(3)22-35)45(62)39-24-34-23-32(33-16-20-66-49(7,8)26-33)11-12-37(34)60(39)50(25-29(50)4)46-54-47(63)67-56-46/h11-14,18-19,21-24,29,31,33H,10,15-17,20,25-26H2,1-9H3,(H,54,56,63)/t29-,31-,33-,50-,68-/m0/s1. The number of aromatic amines is 1. The number of hydrogen-bond donors (Lipinski definition) is 1. The maximum absolute atomic E-state index is 16.4. The number of imidazole rings is 1. The van der Waals surface area contributed by atoms with Crippen molar-refractivity contribution in [2.75, 3.05) is 26.0 Å². The molecule has 4 aromatic heterocycles. The number of hydrogen-bond acceptors (Lipinski definition) is 9. The first kappa shape index (κ1) is 45.4. The molecule has 3 aliphatic rings. The summed E-state index contributed by atoms with van der Waals surface area (Å²) in [7, 11) is -1.43. The highest BCUT2D eigenvalue weighted by atomic mass is 32.2. The fraction of sp³-hybridized carbons (Fsp3) is 0.420. The second kappa shape index (κ2) is 16.1. The van der Waals surface area contributed by atoms with E-state index in [9.17, 15) is 13.8 Å². The molecule has 356 valence electrons. The fourth-order valence-corrected chi connectivity index (χ4v) is 12.6. The third kappa shape index (κ3) is 6.95. The van der Waals surface area contributed by atoms with Crippen LogP contribution in [0.5, 0.6) is 0 Å². The van der Waals surface area contributed by atoms with Gasteiger partial charge in [-0.2, -0.15) is 5.10 Å². The van der Waals surface area contributed by atoms with Crippen LogP contribution < -0.4 is 11.4 Å². The summed E-state index contributed by atoms with van der Waals surface area (Å²) in [4.78, 5) is 47.7. The number of ether oxygens (including phenoxy) is 1. The summed E-state index contributed by atoms with van der Waals surface area (Å²) < 4.78 is 66.5. The highest BCUT2D eigenvalue weighted by Crippen LogP contribution is 2.56. The van der Waals surface area contributed by atoms with Crippen LogP contribution in [0.4, 0.5) is 8.78 Å². The van der Waals surface area contributed by atoms with Gasteiger partial charge in [-0.25, -0.2) is 31.6 Å². The van der Waals surface area contributed by atoms with E-state index in [1.54, 1.807) is 48.6 Å². The number of H-pyrrole nitrogens is 1. The third-order valence-corrected chi connectivity index (χ3v) is 17.2. The summed E-state index contributed by atoms with van der Waals surface area (Å²) in [5, 5.41) is 10.1. The van der Waals surface area contributed by atoms with Gasteiger partial charge >= 0.3 is 11.4 Å². The maximum Gasteiger partial charge on any atom is 0.438 e. The number of carbonyl (C=O) groups is 1. The molecule has 1 saturated heterocycles. The average Bonchev–Trinajstić information content (AvgIpc) is 3.80. The van der Waals surface area contributed by atoms with E-state index in [4.69, 9.17) is 14.4 Å². The lowest BCUT2D eigenvalue weighted by atomic mass is 9.83. The summed E-state index contributed by atoms with van der Waals surface area (Å²) in [5.41, 5.74) is 3.13. The van der Waals surface area contributed by atoms with Gasteiger partial charge < -0.3 is 14.2 Å². The molecule has 15 nitrogen and oxygen atoms in total. The van der Waals surface area contributed by atoms with E-state index in [-0.39, 0.29) is 57.6 Å². The van der Waals surface area contributed by atoms with Crippen LogP contribution in [0.15, 0.2) is 84.3 Å². The normalized spacial score (nSPS) is 22.0. The van der Waals surface area contributed by atoms with Crippen molar-refractivity contribution in [3.8, 4) is 17.2 Å². The SMILES string of the molecule is CC[S@@](=O)(=NC)c1ccc(-n2ccn(-c3c4c(nn3-c3cc(C)c(F)c(C)c3)CCN(C(=O)c3cc5cc([C@H]6CCOC(C)(C)C6)ccc5n3[C@@]3(c5noc(=O)[nH]5)C[C@@H]3C)[C@H]4C)c2=O)c(F)c1C. The van der Waals surface area contributed by atoms with Gasteiger partial charge in [0.1, 0.15) is 22.9 Å². The van der Waals surface area contributed by atoms with Gasteiger partial charge in [0.05, 0.1) is 43.3 Å². The van der Waals surface area contributed by atoms with E-state index < -0.39 is 38.6 Å². The Kier molecular flexibility index (Phi) is 10.8. The minimum absolute atomic E-state index is 0.0164. The predicted molar refractivity (Wildman–Crippen MR) is 253 cm³/mol. The van der Waals surface area contributed by atoms with Gasteiger partial charge in [-0.3, -0.25) is 23.4 Å². The first-order valence-electron chi connectivity index (χ1n) is 23.1. The first-order chi connectivity index (χ1) is 32.3. The number of nitrogens with zero attached hydrogens (tertiary/aromatic N) is 8. The number of fused-ring (bicyclic) bond motifs is 2. The smallest absolute Gasteiger partial charge is 0.376 e. The Bertz CT molecular complexity index is 3450. The van der Waals surface area contributed by atoms with Crippen molar-refractivity contribution in [1.29, 1.82) is 0 Å². The van der Waals surface area contributed by atoms with Crippen LogP contribution in [-0.4, -0.2) is 80.2 Å². The molecule has 18 heteroatoms. The van der Waals surface area contributed by atoms with Gasteiger partial charge in [-0.05, 0) is 132 Å². The first-order valence-corrected chi connectivity index (χ1v) is 24.8. The third-order valence-electron chi connectivity index (χ3n) is 14.7. The molecular weight excluding hydrogens is 893 g/mol. The summed E-state index contributed by atoms with van der Waals surface area (Å²) in [5.74, 6) is -0.975. The summed E-state index contributed by atoms with van der Waals surface area (Å²) >= 11 is 0. The molecule has 6 heterocycles. The Morgan fingerprint density at radius 3 is 2.35 bits per heavy atom. The van der Waals surface area contributed by atoms with Crippen molar-refractivity contribution in [1.82, 2.24) is 38.5 Å². The molecule has 1 amide bonds. The van der Waals surface area contributed by atoms with Crippen molar-refractivity contribution in [2.24, 2.45) is 10.3 Å². The number of halogens is 2. The Labute approximate surface area is 391 Å². The van der Waals surface area contributed by atoms with Gasteiger partial charge in [0.15, 0.2) is 11.6 Å². The van der Waals surface area contributed by atoms with E-state index in [1.807, 2.05) is 17.6 Å². The lowest BCUT2D eigenvalue weighted by Crippen LogP contribution is -2.41. The van der Waals surface area contributed by atoms with Crippen LogP contribution in [0.2, 0.25) is 0 Å². The molecule has 0 bridgehead atoms. The van der Waals surface area contributed by atoms with Gasteiger partial charge in [-0.1, -0.05) is 25.1 Å². The zero-order chi connectivity index (χ0) is 48.4. The van der Waals surface area contributed by atoms with Crippen LogP contribution in [0.1, 0.15) is 116 Å². The van der Waals surface area contributed by atoms with Crippen LogP contribution in [-0.2, 0) is 26.4 Å². The summed E-state index contributed by atoms with van der Waals surface area (Å²) in [6.45, 7) is 15.6. The molecular formula is C50H55F2N9O6S. The Balaban J connectivity index is 1.12. The number of benzene rings is 3. The van der Waals surface area contributed by atoms with E-state index in [0.29, 0.717) is 64.9 Å². The zero-order valence-corrected chi connectivity index (χ0v) is 40.5. The number of nitrogens with one attached hydrogen (secondary N) is 1. The number of amides is 1. The molecule has 10 rings (SSSR count). The van der Waals surface area contributed by atoms with Gasteiger partial charge in [0, 0.05) is 66.8 Å². The molecule has 0 unspecified atom stereocenters. The molecule has 5 atom stereocenters. The molecule has 1 aliphatic carbocycles. The number of rotatable bonds is 9. The van der Waals surface area contributed by atoms with Crippen molar-refractivity contribution < 1.29 is 27.0 Å². The Hall–Kier alpha value is -6.40. The van der Waals surface area contributed by atoms with Crippen LogP contribution in [0.3, 0.4) is 0 Å².